The highest BCUT2D eigenvalue weighted by Crippen LogP contribution is 2.23. The van der Waals surface area contributed by atoms with Crippen LogP contribution in [0, 0.1) is 9.49 Å². The Morgan fingerprint density at radius 1 is 1.39 bits per heavy atom. The van der Waals surface area contributed by atoms with E-state index in [1.165, 1.54) is 0 Å². The minimum absolute atomic E-state index is 0.0707. The number of rotatable bonds is 2. The Kier molecular flexibility index (Phi) is 5.15. The molecular weight excluding hydrogens is 384 g/mol. The molecule has 1 saturated heterocycles. The average Bonchev–Trinajstić information content (AvgIpc) is 2.41. The molecule has 18 heavy (non-hydrogen) atoms. The van der Waals surface area contributed by atoms with Gasteiger partial charge in [-0.25, -0.2) is 0 Å². The van der Waals surface area contributed by atoms with Crippen LogP contribution in [-0.2, 0) is 0 Å². The predicted molar refractivity (Wildman–Crippen MR) is 83.5 cm³/mol. The number of piperidine rings is 1. The SMILES string of the molecule is O=C(c1ccc(I)c(Cl)c1)N1CCC(CCl)CC1. The average molecular weight is 398 g/mol. The molecule has 0 spiro atoms. The van der Waals surface area contributed by atoms with Crippen LogP contribution in [0.4, 0.5) is 0 Å². The molecule has 5 heteroatoms. The summed E-state index contributed by atoms with van der Waals surface area (Å²) in [6.07, 6.45) is 1.99. The Balaban J connectivity index is 2.05. The maximum atomic E-state index is 12.3. The smallest absolute Gasteiger partial charge is 0.253 e. The van der Waals surface area contributed by atoms with E-state index in [4.69, 9.17) is 23.2 Å². The summed E-state index contributed by atoms with van der Waals surface area (Å²) in [5.74, 6) is 1.31. The van der Waals surface area contributed by atoms with Gasteiger partial charge in [-0.2, -0.15) is 0 Å². The quantitative estimate of drug-likeness (QED) is 0.544. The van der Waals surface area contributed by atoms with Crippen molar-refractivity contribution in [2.75, 3.05) is 19.0 Å². The number of halogens is 3. The van der Waals surface area contributed by atoms with E-state index in [2.05, 4.69) is 22.6 Å². The maximum Gasteiger partial charge on any atom is 0.253 e. The van der Waals surface area contributed by atoms with Crippen LogP contribution >= 0.6 is 45.8 Å². The van der Waals surface area contributed by atoms with E-state index in [9.17, 15) is 4.79 Å². The first-order valence-electron chi connectivity index (χ1n) is 5.92. The van der Waals surface area contributed by atoms with Crippen molar-refractivity contribution in [3.05, 3.63) is 32.4 Å². The number of hydrogen-bond acceptors (Lipinski definition) is 1. The summed E-state index contributed by atoms with van der Waals surface area (Å²) < 4.78 is 0.965. The Labute approximate surface area is 131 Å². The van der Waals surface area contributed by atoms with Gasteiger partial charge in [0.2, 0.25) is 0 Å². The molecule has 0 atom stereocenters. The van der Waals surface area contributed by atoms with Crippen LogP contribution in [0.25, 0.3) is 0 Å². The van der Waals surface area contributed by atoms with Crippen molar-refractivity contribution in [1.82, 2.24) is 4.90 Å². The Morgan fingerprint density at radius 3 is 2.61 bits per heavy atom. The molecule has 0 aromatic heterocycles. The zero-order valence-electron chi connectivity index (χ0n) is 9.83. The van der Waals surface area contributed by atoms with Crippen molar-refractivity contribution in [3.8, 4) is 0 Å². The van der Waals surface area contributed by atoms with Crippen molar-refractivity contribution in [2.45, 2.75) is 12.8 Å². The molecule has 1 amide bonds. The lowest BCUT2D eigenvalue weighted by molar-refractivity contribution is 0.0698. The van der Waals surface area contributed by atoms with E-state index in [1.54, 1.807) is 6.07 Å². The molecule has 98 valence electrons. The Hall–Kier alpha value is -0.000000000000000167. The predicted octanol–water partition coefficient (Wildman–Crippen LogP) is 4.04. The summed E-state index contributed by atoms with van der Waals surface area (Å²) in [5, 5.41) is 0.636. The highest BCUT2D eigenvalue weighted by molar-refractivity contribution is 14.1. The number of carbonyl (C=O) groups excluding carboxylic acids is 1. The number of benzene rings is 1. The zero-order chi connectivity index (χ0) is 13.1. The van der Waals surface area contributed by atoms with Crippen molar-refractivity contribution in [1.29, 1.82) is 0 Å². The van der Waals surface area contributed by atoms with Gasteiger partial charge in [-0.3, -0.25) is 4.79 Å². The van der Waals surface area contributed by atoms with Gasteiger partial charge < -0.3 is 4.90 Å². The van der Waals surface area contributed by atoms with E-state index in [0.717, 1.165) is 29.5 Å². The third-order valence-corrected chi connectivity index (χ3v) is 5.30. The van der Waals surface area contributed by atoms with Crippen LogP contribution in [-0.4, -0.2) is 29.8 Å². The van der Waals surface area contributed by atoms with Gasteiger partial charge >= 0.3 is 0 Å². The Morgan fingerprint density at radius 2 is 2.06 bits per heavy atom. The first kappa shape index (κ1) is 14.4. The van der Waals surface area contributed by atoms with Crippen molar-refractivity contribution in [3.63, 3.8) is 0 Å². The fraction of sp³-hybridized carbons (Fsp3) is 0.462. The third kappa shape index (κ3) is 3.31. The number of nitrogens with zero attached hydrogens (tertiary/aromatic N) is 1. The minimum atomic E-state index is 0.0707. The van der Waals surface area contributed by atoms with E-state index in [0.29, 0.717) is 22.4 Å². The van der Waals surface area contributed by atoms with E-state index in [-0.39, 0.29) is 5.91 Å². The summed E-state index contributed by atoms with van der Waals surface area (Å²) in [7, 11) is 0. The molecule has 1 fully saturated rings. The normalized spacial score (nSPS) is 16.9. The molecular formula is C13H14Cl2INO. The van der Waals surface area contributed by atoms with Crippen molar-refractivity contribution in [2.24, 2.45) is 5.92 Å². The van der Waals surface area contributed by atoms with Crippen molar-refractivity contribution >= 4 is 51.7 Å². The van der Waals surface area contributed by atoms with Gasteiger partial charge in [-0.1, -0.05) is 11.6 Å². The van der Waals surface area contributed by atoms with Gasteiger partial charge in [-0.05, 0) is 59.5 Å². The van der Waals surface area contributed by atoms with Crippen molar-refractivity contribution < 1.29 is 4.79 Å². The van der Waals surface area contributed by atoms with Gasteiger partial charge in [0, 0.05) is 28.1 Å². The molecule has 1 aliphatic heterocycles. The molecule has 0 unspecified atom stereocenters. The molecule has 2 rings (SSSR count). The van der Waals surface area contributed by atoms with Gasteiger partial charge in [0.15, 0.2) is 0 Å². The van der Waals surface area contributed by atoms with Crippen LogP contribution in [0.5, 0.6) is 0 Å². The van der Waals surface area contributed by atoms with Gasteiger partial charge in [0.1, 0.15) is 0 Å². The number of carbonyl (C=O) groups is 1. The molecule has 1 aromatic rings. The second-order valence-electron chi connectivity index (χ2n) is 4.52. The largest absolute Gasteiger partial charge is 0.339 e. The van der Waals surface area contributed by atoms with Gasteiger partial charge in [0.05, 0.1) is 5.02 Å². The first-order valence-corrected chi connectivity index (χ1v) is 7.91. The number of hydrogen-bond donors (Lipinski definition) is 0. The number of amides is 1. The topological polar surface area (TPSA) is 20.3 Å². The molecule has 0 N–H and O–H groups in total. The highest BCUT2D eigenvalue weighted by atomic mass is 127. The van der Waals surface area contributed by atoms with Crippen LogP contribution in [0.2, 0.25) is 5.02 Å². The zero-order valence-corrected chi connectivity index (χ0v) is 13.5. The van der Waals surface area contributed by atoms with Crippen LogP contribution in [0.3, 0.4) is 0 Å². The molecule has 1 heterocycles. The highest BCUT2D eigenvalue weighted by Gasteiger charge is 2.23. The van der Waals surface area contributed by atoms with Crippen LogP contribution in [0.15, 0.2) is 18.2 Å². The third-order valence-electron chi connectivity index (χ3n) is 3.29. The summed E-state index contributed by atoms with van der Waals surface area (Å²) in [6.45, 7) is 1.58. The second-order valence-corrected chi connectivity index (χ2v) is 6.40. The summed E-state index contributed by atoms with van der Waals surface area (Å²) in [4.78, 5) is 14.2. The van der Waals surface area contributed by atoms with Gasteiger partial charge in [-0.15, -0.1) is 11.6 Å². The van der Waals surface area contributed by atoms with Crippen LogP contribution in [0.1, 0.15) is 23.2 Å². The molecule has 0 saturated carbocycles. The lowest BCUT2D eigenvalue weighted by atomic mass is 9.98. The molecule has 0 bridgehead atoms. The fourth-order valence-electron chi connectivity index (χ4n) is 2.10. The Bertz CT molecular complexity index is 445. The summed E-state index contributed by atoms with van der Waals surface area (Å²) >= 11 is 14.0. The lowest BCUT2D eigenvalue weighted by Gasteiger charge is -2.31. The molecule has 0 radical (unpaired) electrons. The maximum absolute atomic E-state index is 12.3. The van der Waals surface area contributed by atoms with E-state index >= 15 is 0 Å². The molecule has 1 aromatic carbocycles. The number of alkyl halides is 1. The van der Waals surface area contributed by atoms with Crippen LogP contribution < -0.4 is 0 Å². The molecule has 0 aliphatic carbocycles. The minimum Gasteiger partial charge on any atom is -0.339 e. The van der Waals surface area contributed by atoms with Gasteiger partial charge in [0.25, 0.3) is 5.91 Å². The monoisotopic (exact) mass is 397 g/mol. The lowest BCUT2D eigenvalue weighted by Crippen LogP contribution is -2.38. The number of likely N-dealkylation sites (tertiary alicyclic amines) is 1. The summed E-state index contributed by atoms with van der Waals surface area (Å²) in [6, 6.07) is 5.46. The molecule has 1 aliphatic rings. The van der Waals surface area contributed by atoms with E-state index in [1.807, 2.05) is 17.0 Å². The molecule has 2 nitrogen and oxygen atoms in total. The fourth-order valence-corrected chi connectivity index (χ4v) is 2.93. The summed E-state index contributed by atoms with van der Waals surface area (Å²) in [5.41, 5.74) is 0.671. The standard InChI is InChI=1S/C13H14Cl2INO/c14-8-9-3-5-17(6-4-9)13(18)10-1-2-12(16)11(15)7-10/h1-2,7,9H,3-6,8H2. The first-order chi connectivity index (χ1) is 8.61. The van der Waals surface area contributed by atoms with E-state index < -0.39 is 0 Å². The second kappa shape index (κ2) is 6.44.